The highest BCUT2D eigenvalue weighted by Crippen LogP contribution is 2.19. The molecule has 0 fully saturated rings. The maximum Gasteiger partial charge on any atom is 0.339 e. The van der Waals surface area contributed by atoms with Crippen LogP contribution in [-0.4, -0.2) is 45.0 Å². The Hall–Kier alpha value is -1.77. The normalized spacial score (nSPS) is 11.2. The predicted molar refractivity (Wildman–Crippen MR) is 68.4 cm³/mol. The Morgan fingerprint density at radius 1 is 1.25 bits per heavy atom. The SMILES string of the molecule is COCCOC(=O)c1ccc(C(C)=O)cc1S(=O)(=O)O. The van der Waals surface area contributed by atoms with E-state index in [1.54, 1.807) is 0 Å². The zero-order valence-corrected chi connectivity index (χ0v) is 11.8. The lowest BCUT2D eigenvalue weighted by Crippen LogP contribution is -2.15. The Labute approximate surface area is 116 Å². The molecule has 0 radical (unpaired) electrons. The Morgan fingerprint density at radius 3 is 2.40 bits per heavy atom. The number of ether oxygens (including phenoxy) is 2. The number of rotatable bonds is 6. The highest BCUT2D eigenvalue weighted by Gasteiger charge is 2.22. The van der Waals surface area contributed by atoms with Crippen molar-refractivity contribution >= 4 is 21.9 Å². The Morgan fingerprint density at radius 2 is 1.90 bits per heavy atom. The van der Waals surface area contributed by atoms with Gasteiger partial charge in [0.25, 0.3) is 10.1 Å². The molecule has 0 bridgehead atoms. The van der Waals surface area contributed by atoms with Crippen LogP contribution in [0.4, 0.5) is 0 Å². The summed E-state index contributed by atoms with van der Waals surface area (Å²) < 4.78 is 41.1. The molecule has 0 saturated carbocycles. The molecular weight excluding hydrogens is 288 g/mol. The average molecular weight is 302 g/mol. The van der Waals surface area contributed by atoms with E-state index in [4.69, 9.17) is 9.29 Å². The number of benzene rings is 1. The second-order valence-electron chi connectivity index (χ2n) is 3.87. The molecule has 0 atom stereocenters. The Kier molecular flexibility index (Phi) is 5.37. The van der Waals surface area contributed by atoms with Gasteiger partial charge in [0.15, 0.2) is 5.78 Å². The van der Waals surface area contributed by atoms with Gasteiger partial charge in [0, 0.05) is 12.7 Å². The van der Waals surface area contributed by atoms with Gasteiger partial charge in [-0.15, -0.1) is 0 Å². The quantitative estimate of drug-likeness (QED) is 0.360. The molecule has 0 aliphatic rings. The van der Waals surface area contributed by atoms with Gasteiger partial charge >= 0.3 is 5.97 Å². The van der Waals surface area contributed by atoms with Gasteiger partial charge in [-0.3, -0.25) is 9.35 Å². The predicted octanol–water partition coefficient (Wildman–Crippen LogP) is 0.939. The van der Waals surface area contributed by atoms with Crippen LogP contribution in [0.1, 0.15) is 27.6 Å². The van der Waals surface area contributed by atoms with E-state index in [9.17, 15) is 18.0 Å². The molecule has 0 aliphatic carbocycles. The van der Waals surface area contributed by atoms with E-state index in [1.165, 1.54) is 20.1 Å². The molecule has 1 rings (SSSR count). The van der Waals surface area contributed by atoms with E-state index in [0.717, 1.165) is 12.1 Å². The summed E-state index contributed by atoms with van der Waals surface area (Å²) in [4.78, 5) is 22.3. The minimum atomic E-state index is -4.65. The fourth-order valence-corrected chi connectivity index (χ4v) is 2.12. The molecule has 7 nitrogen and oxygen atoms in total. The van der Waals surface area contributed by atoms with E-state index < -0.39 is 26.8 Å². The molecule has 20 heavy (non-hydrogen) atoms. The molecule has 110 valence electrons. The fraction of sp³-hybridized carbons (Fsp3) is 0.333. The van der Waals surface area contributed by atoms with Crippen LogP contribution in [-0.2, 0) is 19.6 Å². The van der Waals surface area contributed by atoms with Gasteiger partial charge in [0.2, 0.25) is 0 Å². The topological polar surface area (TPSA) is 107 Å². The minimum Gasteiger partial charge on any atom is -0.460 e. The second-order valence-corrected chi connectivity index (χ2v) is 5.26. The molecule has 0 spiro atoms. The third kappa shape index (κ3) is 4.12. The number of carbonyl (C=O) groups excluding carboxylic acids is 2. The van der Waals surface area contributed by atoms with E-state index in [0.29, 0.717) is 0 Å². The lowest BCUT2D eigenvalue weighted by atomic mass is 10.1. The zero-order chi connectivity index (χ0) is 15.3. The molecule has 0 amide bonds. The highest BCUT2D eigenvalue weighted by atomic mass is 32.2. The van der Waals surface area contributed by atoms with Gasteiger partial charge in [-0.1, -0.05) is 6.07 Å². The third-order valence-electron chi connectivity index (χ3n) is 2.41. The van der Waals surface area contributed by atoms with Crippen LogP contribution in [0.3, 0.4) is 0 Å². The van der Waals surface area contributed by atoms with Crippen molar-refractivity contribution in [3.05, 3.63) is 29.3 Å². The first kappa shape index (κ1) is 16.3. The average Bonchev–Trinajstić information content (AvgIpc) is 2.37. The molecule has 0 aromatic heterocycles. The first-order valence-electron chi connectivity index (χ1n) is 5.56. The number of carbonyl (C=O) groups is 2. The molecule has 1 aromatic rings. The van der Waals surface area contributed by atoms with Gasteiger partial charge in [-0.25, -0.2) is 4.79 Å². The second kappa shape index (κ2) is 6.60. The summed E-state index contributed by atoms with van der Waals surface area (Å²) in [5.41, 5.74) is -0.278. The van der Waals surface area contributed by atoms with Crippen molar-refractivity contribution in [1.82, 2.24) is 0 Å². The Balaban J connectivity index is 3.19. The number of hydrogen-bond acceptors (Lipinski definition) is 6. The van der Waals surface area contributed by atoms with Crippen molar-refractivity contribution in [3.63, 3.8) is 0 Å². The summed E-state index contributed by atoms with van der Waals surface area (Å²) in [5.74, 6) is -1.32. The van der Waals surface area contributed by atoms with E-state index in [-0.39, 0.29) is 24.3 Å². The first-order chi connectivity index (χ1) is 9.27. The van der Waals surface area contributed by atoms with Crippen LogP contribution in [0, 0.1) is 0 Å². The summed E-state index contributed by atoms with van der Waals surface area (Å²) >= 11 is 0. The van der Waals surface area contributed by atoms with E-state index in [2.05, 4.69) is 4.74 Å². The van der Waals surface area contributed by atoms with Crippen LogP contribution < -0.4 is 0 Å². The van der Waals surface area contributed by atoms with Crippen LogP contribution in [0.2, 0.25) is 0 Å². The smallest absolute Gasteiger partial charge is 0.339 e. The number of hydrogen-bond donors (Lipinski definition) is 1. The largest absolute Gasteiger partial charge is 0.460 e. The maximum absolute atomic E-state index is 11.7. The van der Waals surface area contributed by atoms with Crippen LogP contribution in [0.5, 0.6) is 0 Å². The highest BCUT2D eigenvalue weighted by molar-refractivity contribution is 7.86. The molecule has 1 aromatic carbocycles. The molecule has 0 aliphatic heterocycles. The number of ketones is 1. The van der Waals surface area contributed by atoms with Crippen LogP contribution >= 0.6 is 0 Å². The third-order valence-corrected chi connectivity index (χ3v) is 3.30. The number of esters is 1. The van der Waals surface area contributed by atoms with Gasteiger partial charge in [-0.2, -0.15) is 8.42 Å². The lowest BCUT2D eigenvalue weighted by Gasteiger charge is -2.08. The fourth-order valence-electron chi connectivity index (χ4n) is 1.42. The van der Waals surface area contributed by atoms with Crippen LogP contribution in [0.25, 0.3) is 0 Å². The summed E-state index contributed by atoms with van der Waals surface area (Å²) in [6.45, 7) is 1.33. The van der Waals surface area contributed by atoms with Crippen molar-refractivity contribution < 1.29 is 32.0 Å². The zero-order valence-electron chi connectivity index (χ0n) is 11.0. The first-order valence-corrected chi connectivity index (χ1v) is 7.00. The molecule has 0 saturated heterocycles. The lowest BCUT2D eigenvalue weighted by molar-refractivity contribution is 0.0383. The van der Waals surface area contributed by atoms with E-state index >= 15 is 0 Å². The summed E-state index contributed by atoms with van der Waals surface area (Å²) in [7, 11) is -3.23. The van der Waals surface area contributed by atoms with Crippen molar-refractivity contribution in [1.29, 1.82) is 0 Å². The molecular formula is C12H14O7S. The van der Waals surface area contributed by atoms with Crippen LogP contribution in [0.15, 0.2) is 23.1 Å². The minimum absolute atomic E-state index is 0.0608. The summed E-state index contributed by atoms with van der Waals surface area (Å²) in [6.07, 6.45) is 0. The molecule has 1 N–H and O–H groups in total. The maximum atomic E-state index is 11.7. The molecule has 8 heteroatoms. The van der Waals surface area contributed by atoms with Crippen molar-refractivity contribution in [2.45, 2.75) is 11.8 Å². The molecule has 0 unspecified atom stereocenters. The summed E-state index contributed by atoms with van der Waals surface area (Å²) in [6, 6.07) is 3.34. The number of methoxy groups -OCH3 is 1. The standard InChI is InChI=1S/C12H14O7S/c1-8(13)9-3-4-10(11(7-9)20(15,16)17)12(14)19-6-5-18-2/h3-4,7H,5-6H2,1-2H3,(H,15,16,17). The van der Waals surface area contributed by atoms with Crippen molar-refractivity contribution in [2.75, 3.05) is 20.3 Å². The van der Waals surface area contributed by atoms with Gasteiger partial charge in [0.1, 0.15) is 11.5 Å². The van der Waals surface area contributed by atoms with Gasteiger partial charge in [-0.05, 0) is 19.1 Å². The summed E-state index contributed by atoms with van der Waals surface area (Å²) in [5, 5.41) is 0. The van der Waals surface area contributed by atoms with E-state index in [1.807, 2.05) is 0 Å². The van der Waals surface area contributed by atoms with Crippen molar-refractivity contribution in [2.24, 2.45) is 0 Å². The molecule has 0 heterocycles. The monoisotopic (exact) mass is 302 g/mol. The Bertz CT molecular complexity index is 619. The van der Waals surface area contributed by atoms with Gasteiger partial charge in [0.05, 0.1) is 12.2 Å². The van der Waals surface area contributed by atoms with Gasteiger partial charge < -0.3 is 9.47 Å². The van der Waals surface area contributed by atoms with Crippen molar-refractivity contribution in [3.8, 4) is 0 Å². The number of Topliss-reactive ketones (excluding diaryl/α,β-unsaturated/α-hetero) is 1.